The van der Waals surface area contributed by atoms with Gasteiger partial charge in [0.05, 0.1) is 0 Å². The summed E-state index contributed by atoms with van der Waals surface area (Å²) in [6, 6.07) is 8.25. The molecule has 1 aromatic rings. The van der Waals surface area contributed by atoms with E-state index < -0.39 is 0 Å². The van der Waals surface area contributed by atoms with Crippen molar-refractivity contribution in [1.82, 2.24) is 5.32 Å². The van der Waals surface area contributed by atoms with Crippen LogP contribution in [-0.2, 0) is 6.42 Å². The Morgan fingerprint density at radius 2 is 1.85 bits per heavy atom. The van der Waals surface area contributed by atoms with E-state index in [-0.39, 0.29) is 5.54 Å². The van der Waals surface area contributed by atoms with Crippen molar-refractivity contribution < 1.29 is 0 Å². The summed E-state index contributed by atoms with van der Waals surface area (Å²) in [5, 5.41) is 4.55. The lowest BCUT2D eigenvalue weighted by Gasteiger charge is -2.25. The zero-order valence-corrected chi connectivity index (χ0v) is 14.3. The van der Waals surface area contributed by atoms with E-state index in [0.29, 0.717) is 5.92 Å². The number of benzene rings is 1. The first kappa shape index (κ1) is 17.5. The maximum absolute atomic E-state index is 6.30. The Labute approximate surface area is 130 Å². The average Bonchev–Trinajstić information content (AvgIpc) is 2.37. The van der Waals surface area contributed by atoms with Gasteiger partial charge < -0.3 is 5.32 Å². The maximum Gasteiger partial charge on any atom is 0.0438 e. The highest BCUT2D eigenvalue weighted by Crippen LogP contribution is 2.22. The molecule has 0 spiro atoms. The van der Waals surface area contributed by atoms with Crippen LogP contribution in [0.5, 0.6) is 0 Å². The molecule has 1 nitrogen and oxygen atoms in total. The number of unbranched alkanes of at least 4 members (excludes halogenated alkanes) is 2. The molecule has 114 valence electrons. The third-order valence-corrected chi connectivity index (χ3v) is 3.97. The van der Waals surface area contributed by atoms with Crippen molar-refractivity contribution in [2.75, 3.05) is 6.54 Å². The lowest BCUT2D eigenvalue weighted by atomic mass is 9.92. The van der Waals surface area contributed by atoms with E-state index in [4.69, 9.17) is 11.6 Å². The van der Waals surface area contributed by atoms with Crippen molar-refractivity contribution in [1.29, 1.82) is 0 Å². The van der Waals surface area contributed by atoms with Crippen molar-refractivity contribution in [2.45, 2.75) is 65.3 Å². The normalized spacial score (nSPS) is 13.4. The van der Waals surface area contributed by atoms with Crippen LogP contribution in [0.4, 0.5) is 0 Å². The van der Waals surface area contributed by atoms with Crippen LogP contribution < -0.4 is 5.32 Å². The summed E-state index contributed by atoms with van der Waals surface area (Å²) in [5.74, 6) is 0.667. The topological polar surface area (TPSA) is 12.0 Å². The number of nitrogens with one attached hydrogen (secondary N) is 1. The molecule has 1 N–H and O–H groups in total. The van der Waals surface area contributed by atoms with E-state index in [1.807, 2.05) is 12.1 Å². The molecule has 1 atom stereocenters. The summed E-state index contributed by atoms with van der Waals surface area (Å²) in [7, 11) is 0. The summed E-state index contributed by atoms with van der Waals surface area (Å²) in [5.41, 5.74) is 1.47. The minimum atomic E-state index is 0.184. The quantitative estimate of drug-likeness (QED) is 0.627. The summed E-state index contributed by atoms with van der Waals surface area (Å²) in [4.78, 5) is 0. The first-order chi connectivity index (χ1) is 9.42. The predicted molar refractivity (Wildman–Crippen MR) is 90.5 cm³/mol. The van der Waals surface area contributed by atoms with E-state index in [2.05, 4.69) is 45.1 Å². The minimum Gasteiger partial charge on any atom is -0.312 e. The fourth-order valence-electron chi connectivity index (χ4n) is 2.38. The van der Waals surface area contributed by atoms with E-state index >= 15 is 0 Å². The number of hydrogen-bond donors (Lipinski definition) is 1. The monoisotopic (exact) mass is 295 g/mol. The third-order valence-electron chi connectivity index (χ3n) is 3.60. The summed E-state index contributed by atoms with van der Waals surface area (Å²) in [6.07, 6.45) is 6.28. The molecule has 1 unspecified atom stereocenters. The largest absolute Gasteiger partial charge is 0.312 e. The lowest BCUT2D eigenvalue weighted by Crippen LogP contribution is -2.39. The second-order valence-electron chi connectivity index (χ2n) is 6.79. The molecular formula is C18H30ClN. The Kier molecular flexibility index (Phi) is 7.61. The van der Waals surface area contributed by atoms with Gasteiger partial charge in [0, 0.05) is 10.6 Å². The fourth-order valence-corrected chi connectivity index (χ4v) is 2.60. The summed E-state index contributed by atoms with van der Waals surface area (Å²) >= 11 is 6.30. The van der Waals surface area contributed by atoms with Crippen LogP contribution in [0.15, 0.2) is 24.3 Å². The Morgan fingerprint density at radius 3 is 2.45 bits per heavy atom. The van der Waals surface area contributed by atoms with Gasteiger partial charge in [-0.3, -0.25) is 0 Å². The van der Waals surface area contributed by atoms with Gasteiger partial charge in [-0.2, -0.15) is 0 Å². The minimum absolute atomic E-state index is 0.184. The maximum atomic E-state index is 6.30. The van der Waals surface area contributed by atoms with E-state index in [0.717, 1.165) is 18.0 Å². The van der Waals surface area contributed by atoms with Gasteiger partial charge in [-0.25, -0.2) is 0 Å². The Bertz CT molecular complexity index is 381. The molecular weight excluding hydrogens is 266 g/mol. The second-order valence-corrected chi connectivity index (χ2v) is 7.20. The number of halogens is 1. The lowest BCUT2D eigenvalue weighted by molar-refractivity contribution is 0.350. The van der Waals surface area contributed by atoms with Crippen molar-refractivity contribution in [3.05, 3.63) is 34.9 Å². The van der Waals surface area contributed by atoms with Crippen LogP contribution >= 0.6 is 11.6 Å². The second kappa shape index (κ2) is 8.69. The molecule has 20 heavy (non-hydrogen) atoms. The van der Waals surface area contributed by atoms with E-state index in [1.54, 1.807) is 0 Å². The van der Waals surface area contributed by atoms with Crippen molar-refractivity contribution in [3.63, 3.8) is 0 Å². The van der Waals surface area contributed by atoms with Crippen LogP contribution in [0, 0.1) is 5.92 Å². The van der Waals surface area contributed by atoms with Crippen molar-refractivity contribution in [3.8, 4) is 0 Å². The number of hydrogen-bond acceptors (Lipinski definition) is 1. The zero-order chi connectivity index (χ0) is 15.0. The molecule has 0 aromatic heterocycles. The molecule has 0 saturated heterocycles. The molecule has 0 saturated carbocycles. The summed E-state index contributed by atoms with van der Waals surface area (Å²) in [6.45, 7) is 10.0. The Balaban J connectivity index is 2.59. The van der Waals surface area contributed by atoms with Gasteiger partial charge >= 0.3 is 0 Å². The Morgan fingerprint density at radius 1 is 1.15 bits per heavy atom. The zero-order valence-electron chi connectivity index (χ0n) is 13.5. The van der Waals surface area contributed by atoms with Gasteiger partial charge in [0.2, 0.25) is 0 Å². The van der Waals surface area contributed by atoms with Gasteiger partial charge in [-0.1, -0.05) is 56.0 Å². The molecule has 0 bridgehead atoms. The first-order valence-corrected chi connectivity index (χ1v) is 8.28. The smallest absolute Gasteiger partial charge is 0.0438 e. The average molecular weight is 296 g/mol. The molecule has 1 rings (SSSR count). The summed E-state index contributed by atoms with van der Waals surface area (Å²) < 4.78 is 0. The molecule has 1 aromatic carbocycles. The highest BCUT2D eigenvalue weighted by molar-refractivity contribution is 6.31. The fraction of sp³-hybridized carbons (Fsp3) is 0.667. The molecule has 0 aliphatic carbocycles. The van der Waals surface area contributed by atoms with Gasteiger partial charge in [-0.05, 0) is 57.7 Å². The van der Waals surface area contributed by atoms with Crippen molar-refractivity contribution >= 4 is 11.6 Å². The molecule has 0 amide bonds. The van der Waals surface area contributed by atoms with Crippen LogP contribution in [0.1, 0.15) is 58.9 Å². The molecule has 0 aliphatic rings. The number of rotatable bonds is 8. The molecule has 2 heteroatoms. The van der Waals surface area contributed by atoms with E-state index in [1.165, 1.54) is 31.2 Å². The molecule has 0 fully saturated rings. The van der Waals surface area contributed by atoms with Crippen LogP contribution in [-0.4, -0.2) is 12.1 Å². The van der Waals surface area contributed by atoms with Gasteiger partial charge in [0.25, 0.3) is 0 Å². The van der Waals surface area contributed by atoms with Gasteiger partial charge in [0.15, 0.2) is 0 Å². The Hall–Kier alpha value is -0.530. The van der Waals surface area contributed by atoms with Gasteiger partial charge in [-0.15, -0.1) is 0 Å². The third kappa shape index (κ3) is 7.31. The van der Waals surface area contributed by atoms with Crippen LogP contribution in [0.2, 0.25) is 5.02 Å². The SMILES string of the molecule is CCCCCC(CNC(C)(C)C)Cc1ccccc1Cl. The van der Waals surface area contributed by atoms with Gasteiger partial charge in [0.1, 0.15) is 0 Å². The van der Waals surface area contributed by atoms with Crippen LogP contribution in [0.3, 0.4) is 0 Å². The first-order valence-electron chi connectivity index (χ1n) is 7.91. The molecule has 0 radical (unpaired) electrons. The molecule has 0 heterocycles. The highest BCUT2D eigenvalue weighted by atomic mass is 35.5. The predicted octanol–water partition coefficient (Wildman–Crippen LogP) is 5.47. The highest BCUT2D eigenvalue weighted by Gasteiger charge is 2.15. The standard InChI is InChI=1S/C18H30ClN/c1-5-6-7-10-15(14-20-18(2,3)4)13-16-11-8-9-12-17(16)19/h8-9,11-12,15,20H,5-7,10,13-14H2,1-4H3. The molecule has 0 aliphatic heterocycles. The van der Waals surface area contributed by atoms with Crippen LogP contribution in [0.25, 0.3) is 0 Å². The van der Waals surface area contributed by atoms with Crippen molar-refractivity contribution in [2.24, 2.45) is 5.92 Å². The van der Waals surface area contributed by atoms with E-state index in [9.17, 15) is 0 Å².